The fraction of sp³-hybridized carbons (Fsp3) is 0.421. The molecule has 0 bridgehead atoms. The highest BCUT2D eigenvalue weighted by molar-refractivity contribution is 6.00. The van der Waals surface area contributed by atoms with Gasteiger partial charge in [-0.3, -0.25) is 14.7 Å². The number of anilines is 1. The van der Waals surface area contributed by atoms with Crippen molar-refractivity contribution in [1.29, 1.82) is 0 Å². The number of H-pyrrole nitrogens is 1. The van der Waals surface area contributed by atoms with Crippen LogP contribution in [0.1, 0.15) is 18.4 Å². The van der Waals surface area contributed by atoms with Gasteiger partial charge in [0, 0.05) is 32.3 Å². The van der Waals surface area contributed by atoms with Crippen molar-refractivity contribution >= 4 is 17.5 Å². The largest absolute Gasteiger partial charge is 0.342 e. The van der Waals surface area contributed by atoms with Gasteiger partial charge in [-0.05, 0) is 36.5 Å². The number of aromatic nitrogens is 2. The van der Waals surface area contributed by atoms with Crippen molar-refractivity contribution in [3.63, 3.8) is 0 Å². The van der Waals surface area contributed by atoms with Gasteiger partial charge in [0.2, 0.25) is 11.8 Å². The summed E-state index contributed by atoms with van der Waals surface area (Å²) in [5.41, 5.74) is 1.80. The van der Waals surface area contributed by atoms with Crippen molar-refractivity contribution in [3.8, 4) is 0 Å². The third-order valence-corrected chi connectivity index (χ3v) is 5.30. The first-order chi connectivity index (χ1) is 12.6. The Morgan fingerprint density at radius 2 is 2.08 bits per heavy atom. The predicted octanol–water partition coefficient (Wildman–Crippen LogP) is 1.99. The second-order valence-corrected chi connectivity index (χ2v) is 7.13. The summed E-state index contributed by atoms with van der Waals surface area (Å²) in [6, 6.07) is 6.56. The van der Waals surface area contributed by atoms with Crippen molar-refractivity contribution in [2.75, 3.05) is 24.5 Å². The Balaban J connectivity index is 1.34. The summed E-state index contributed by atoms with van der Waals surface area (Å²) >= 11 is 0. The SMILES string of the molecule is O=C(C1CC(=O)N(c2cn[nH]c2)C1)N1CCC(Cc2ccc(F)cc2)C1. The van der Waals surface area contributed by atoms with Gasteiger partial charge in [0.25, 0.3) is 0 Å². The number of rotatable bonds is 4. The van der Waals surface area contributed by atoms with Crippen LogP contribution in [0.4, 0.5) is 10.1 Å². The van der Waals surface area contributed by atoms with Gasteiger partial charge in [0.1, 0.15) is 5.82 Å². The Bertz CT molecular complexity index is 790. The molecule has 0 aliphatic carbocycles. The Morgan fingerprint density at radius 1 is 1.27 bits per heavy atom. The van der Waals surface area contributed by atoms with Gasteiger partial charge in [-0.2, -0.15) is 5.10 Å². The molecule has 2 saturated heterocycles. The Morgan fingerprint density at radius 3 is 2.81 bits per heavy atom. The van der Waals surface area contributed by atoms with E-state index in [4.69, 9.17) is 0 Å². The van der Waals surface area contributed by atoms with Crippen molar-refractivity contribution in [1.82, 2.24) is 15.1 Å². The van der Waals surface area contributed by atoms with Gasteiger partial charge >= 0.3 is 0 Å². The van der Waals surface area contributed by atoms with Gasteiger partial charge in [-0.25, -0.2) is 4.39 Å². The van der Waals surface area contributed by atoms with Crippen LogP contribution in [0.3, 0.4) is 0 Å². The normalized spacial score (nSPS) is 23.0. The number of benzene rings is 1. The minimum atomic E-state index is -0.290. The average molecular weight is 356 g/mol. The van der Waals surface area contributed by atoms with E-state index in [1.807, 2.05) is 4.90 Å². The Hall–Kier alpha value is -2.70. The molecule has 0 saturated carbocycles. The number of halogens is 1. The molecule has 2 atom stereocenters. The zero-order chi connectivity index (χ0) is 18.1. The van der Waals surface area contributed by atoms with Gasteiger partial charge in [-0.15, -0.1) is 0 Å². The van der Waals surface area contributed by atoms with Crippen LogP contribution in [0, 0.1) is 17.7 Å². The molecule has 1 N–H and O–H groups in total. The van der Waals surface area contributed by atoms with Crippen LogP contribution >= 0.6 is 0 Å². The number of nitrogens with zero attached hydrogens (tertiary/aromatic N) is 3. The fourth-order valence-corrected chi connectivity index (χ4v) is 3.93. The summed E-state index contributed by atoms with van der Waals surface area (Å²) in [7, 11) is 0. The molecule has 6 nitrogen and oxygen atoms in total. The van der Waals surface area contributed by atoms with Crippen LogP contribution in [-0.2, 0) is 16.0 Å². The number of aromatic amines is 1. The lowest BCUT2D eigenvalue weighted by Gasteiger charge is -2.21. The number of hydrogen-bond acceptors (Lipinski definition) is 3. The summed E-state index contributed by atoms with van der Waals surface area (Å²) in [6.45, 7) is 1.84. The number of likely N-dealkylation sites (tertiary alicyclic amines) is 1. The molecule has 4 rings (SSSR count). The maximum Gasteiger partial charge on any atom is 0.228 e. The van der Waals surface area contributed by atoms with E-state index in [-0.39, 0.29) is 30.0 Å². The number of hydrogen-bond donors (Lipinski definition) is 1. The maximum atomic E-state index is 13.0. The van der Waals surface area contributed by atoms with Gasteiger partial charge in [-0.1, -0.05) is 12.1 Å². The molecule has 2 aliphatic heterocycles. The molecule has 26 heavy (non-hydrogen) atoms. The van der Waals surface area contributed by atoms with Gasteiger partial charge < -0.3 is 9.80 Å². The van der Waals surface area contributed by atoms with E-state index in [1.165, 1.54) is 12.1 Å². The van der Waals surface area contributed by atoms with E-state index < -0.39 is 0 Å². The highest BCUT2D eigenvalue weighted by Crippen LogP contribution is 2.28. The topological polar surface area (TPSA) is 69.3 Å². The molecule has 2 aromatic rings. The molecule has 2 unspecified atom stereocenters. The monoisotopic (exact) mass is 356 g/mol. The summed E-state index contributed by atoms with van der Waals surface area (Å²) in [4.78, 5) is 28.5. The summed E-state index contributed by atoms with van der Waals surface area (Å²) in [5, 5.41) is 6.56. The van der Waals surface area contributed by atoms with E-state index >= 15 is 0 Å². The molecule has 136 valence electrons. The third-order valence-electron chi connectivity index (χ3n) is 5.30. The molecule has 2 fully saturated rings. The van der Waals surface area contributed by atoms with E-state index in [0.717, 1.165) is 24.9 Å². The predicted molar refractivity (Wildman–Crippen MR) is 93.8 cm³/mol. The average Bonchev–Trinajstić information content (AvgIpc) is 3.37. The van der Waals surface area contributed by atoms with E-state index in [2.05, 4.69) is 10.2 Å². The highest BCUT2D eigenvalue weighted by atomic mass is 19.1. The first-order valence-corrected chi connectivity index (χ1v) is 8.92. The van der Waals surface area contributed by atoms with Crippen molar-refractivity contribution in [3.05, 3.63) is 48.0 Å². The van der Waals surface area contributed by atoms with E-state index in [9.17, 15) is 14.0 Å². The van der Waals surface area contributed by atoms with Crippen molar-refractivity contribution in [2.45, 2.75) is 19.3 Å². The molecule has 1 aromatic carbocycles. The molecular formula is C19H21FN4O2. The molecule has 0 spiro atoms. The summed E-state index contributed by atoms with van der Waals surface area (Å²) in [6.07, 6.45) is 5.30. The molecule has 0 radical (unpaired) electrons. The number of nitrogens with one attached hydrogen (secondary N) is 1. The van der Waals surface area contributed by atoms with Crippen molar-refractivity contribution < 1.29 is 14.0 Å². The van der Waals surface area contributed by atoms with Gasteiger partial charge in [0.15, 0.2) is 0 Å². The highest BCUT2D eigenvalue weighted by Gasteiger charge is 2.39. The Labute approximate surface area is 151 Å². The maximum absolute atomic E-state index is 13.0. The van der Waals surface area contributed by atoms with Crippen LogP contribution in [0.15, 0.2) is 36.7 Å². The summed E-state index contributed by atoms with van der Waals surface area (Å²) in [5.74, 6) is -0.115. The Kier molecular flexibility index (Phi) is 4.44. The van der Waals surface area contributed by atoms with Crippen LogP contribution < -0.4 is 4.90 Å². The van der Waals surface area contributed by atoms with Crippen LogP contribution in [0.2, 0.25) is 0 Å². The molecular weight excluding hydrogens is 335 g/mol. The molecule has 2 amide bonds. The van der Waals surface area contributed by atoms with Crippen molar-refractivity contribution in [2.24, 2.45) is 11.8 Å². The number of carbonyl (C=O) groups excluding carboxylic acids is 2. The second kappa shape index (κ2) is 6.90. The van der Waals surface area contributed by atoms with Crippen LogP contribution in [0.5, 0.6) is 0 Å². The zero-order valence-electron chi connectivity index (χ0n) is 14.4. The zero-order valence-corrected chi connectivity index (χ0v) is 14.4. The molecule has 1 aromatic heterocycles. The lowest BCUT2D eigenvalue weighted by atomic mass is 9.99. The quantitative estimate of drug-likeness (QED) is 0.911. The standard InChI is InChI=1S/C19H21FN4O2/c20-16-3-1-13(2-4-16)7-14-5-6-23(11-14)19(26)15-8-18(25)24(12-15)17-9-21-22-10-17/h1-4,9-10,14-15H,5-8,11-12H2,(H,21,22). The molecule has 2 aliphatic rings. The van der Waals surface area contributed by atoms with Crippen LogP contribution in [0.25, 0.3) is 0 Å². The molecule has 3 heterocycles. The minimum absolute atomic E-state index is 0.0354. The summed E-state index contributed by atoms with van der Waals surface area (Å²) < 4.78 is 13.0. The fourth-order valence-electron chi connectivity index (χ4n) is 3.93. The first-order valence-electron chi connectivity index (χ1n) is 8.92. The number of amides is 2. The third kappa shape index (κ3) is 3.34. The minimum Gasteiger partial charge on any atom is -0.342 e. The smallest absolute Gasteiger partial charge is 0.228 e. The second-order valence-electron chi connectivity index (χ2n) is 7.13. The number of carbonyl (C=O) groups is 2. The lowest BCUT2D eigenvalue weighted by Crippen LogP contribution is -2.36. The first kappa shape index (κ1) is 16.8. The van der Waals surface area contributed by atoms with E-state index in [1.54, 1.807) is 29.4 Å². The molecule has 7 heteroatoms. The van der Waals surface area contributed by atoms with Crippen LogP contribution in [-0.4, -0.2) is 46.5 Å². The van der Waals surface area contributed by atoms with Gasteiger partial charge in [0.05, 0.1) is 17.8 Å². The van der Waals surface area contributed by atoms with E-state index in [0.29, 0.717) is 24.7 Å². The lowest BCUT2D eigenvalue weighted by molar-refractivity contribution is -0.134.